The zero-order chi connectivity index (χ0) is 12.4. The van der Waals surface area contributed by atoms with E-state index in [9.17, 15) is 4.79 Å². The lowest BCUT2D eigenvalue weighted by Crippen LogP contribution is -2.38. The Kier molecular flexibility index (Phi) is 3.66. The number of amides is 1. The fourth-order valence-electron chi connectivity index (χ4n) is 2.00. The lowest BCUT2D eigenvalue weighted by atomic mass is 9.99. The van der Waals surface area contributed by atoms with Crippen molar-refractivity contribution in [3.63, 3.8) is 0 Å². The molecule has 5 heteroatoms. The van der Waals surface area contributed by atoms with Crippen LogP contribution in [0.4, 0.5) is 5.82 Å². The standard InChI is InChI=1S/C12H16BrN3O/c1-8-2-4-16(5-3-8)12(17)10-6-9(13)7-15-11(10)14/h6-8H,2-5H2,1H3,(H2,14,15). The number of hydrogen-bond donors (Lipinski definition) is 1. The molecule has 92 valence electrons. The van der Waals surface area contributed by atoms with E-state index in [1.807, 2.05) is 4.90 Å². The van der Waals surface area contributed by atoms with E-state index in [1.54, 1.807) is 12.3 Å². The van der Waals surface area contributed by atoms with Gasteiger partial charge in [0, 0.05) is 23.8 Å². The monoisotopic (exact) mass is 297 g/mol. The van der Waals surface area contributed by atoms with Gasteiger partial charge >= 0.3 is 0 Å². The molecule has 2 rings (SSSR count). The number of rotatable bonds is 1. The minimum atomic E-state index is -0.0109. The molecule has 0 spiro atoms. The van der Waals surface area contributed by atoms with E-state index < -0.39 is 0 Å². The Morgan fingerprint density at radius 1 is 1.53 bits per heavy atom. The van der Waals surface area contributed by atoms with Gasteiger partial charge in [-0.05, 0) is 40.8 Å². The van der Waals surface area contributed by atoms with Crippen molar-refractivity contribution in [3.8, 4) is 0 Å². The van der Waals surface area contributed by atoms with Crippen molar-refractivity contribution in [1.82, 2.24) is 9.88 Å². The number of nitrogens with two attached hydrogens (primary N) is 1. The van der Waals surface area contributed by atoms with Crippen molar-refractivity contribution >= 4 is 27.7 Å². The van der Waals surface area contributed by atoms with Gasteiger partial charge in [-0.15, -0.1) is 0 Å². The van der Waals surface area contributed by atoms with Gasteiger partial charge in [-0.2, -0.15) is 0 Å². The van der Waals surface area contributed by atoms with Crippen LogP contribution in [0.3, 0.4) is 0 Å². The lowest BCUT2D eigenvalue weighted by Gasteiger charge is -2.30. The highest BCUT2D eigenvalue weighted by Crippen LogP contribution is 2.21. The SMILES string of the molecule is CC1CCN(C(=O)c2cc(Br)cnc2N)CC1. The molecule has 1 aromatic heterocycles. The van der Waals surface area contributed by atoms with Gasteiger partial charge in [0.1, 0.15) is 5.82 Å². The second kappa shape index (κ2) is 5.04. The molecule has 2 heterocycles. The topological polar surface area (TPSA) is 59.2 Å². The van der Waals surface area contributed by atoms with Crippen molar-refractivity contribution in [1.29, 1.82) is 0 Å². The molecular weight excluding hydrogens is 282 g/mol. The number of pyridine rings is 1. The van der Waals surface area contributed by atoms with Gasteiger partial charge in [-0.25, -0.2) is 4.98 Å². The van der Waals surface area contributed by atoms with E-state index in [1.165, 1.54) is 0 Å². The third kappa shape index (κ3) is 2.77. The van der Waals surface area contributed by atoms with Crippen LogP contribution in [0.25, 0.3) is 0 Å². The molecule has 1 aromatic rings. The molecule has 1 amide bonds. The molecule has 1 fully saturated rings. The average molecular weight is 298 g/mol. The van der Waals surface area contributed by atoms with Crippen LogP contribution in [0.1, 0.15) is 30.1 Å². The van der Waals surface area contributed by atoms with Crippen LogP contribution in [-0.2, 0) is 0 Å². The highest BCUT2D eigenvalue weighted by atomic mass is 79.9. The molecule has 4 nitrogen and oxygen atoms in total. The van der Waals surface area contributed by atoms with Gasteiger partial charge in [-0.1, -0.05) is 6.92 Å². The molecule has 0 unspecified atom stereocenters. The van der Waals surface area contributed by atoms with Crippen molar-refractivity contribution < 1.29 is 4.79 Å². The van der Waals surface area contributed by atoms with E-state index in [-0.39, 0.29) is 5.91 Å². The Morgan fingerprint density at radius 3 is 2.82 bits per heavy atom. The zero-order valence-electron chi connectivity index (χ0n) is 9.82. The highest BCUT2D eigenvalue weighted by Gasteiger charge is 2.23. The summed E-state index contributed by atoms with van der Waals surface area (Å²) in [7, 11) is 0. The quantitative estimate of drug-likeness (QED) is 0.865. The molecule has 0 radical (unpaired) electrons. The first-order chi connectivity index (χ1) is 8.08. The summed E-state index contributed by atoms with van der Waals surface area (Å²) in [5.74, 6) is 0.997. The molecule has 0 saturated carbocycles. The van der Waals surface area contributed by atoms with Crippen LogP contribution in [0.15, 0.2) is 16.7 Å². The zero-order valence-corrected chi connectivity index (χ0v) is 11.4. The fourth-order valence-corrected chi connectivity index (χ4v) is 2.33. The Bertz CT molecular complexity index is 428. The predicted molar refractivity (Wildman–Crippen MR) is 70.7 cm³/mol. The number of anilines is 1. The molecule has 17 heavy (non-hydrogen) atoms. The van der Waals surface area contributed by atoms with Crippen molar-refractivity contribution in [2.24, 2.45) is 5.92 Å². The van der Waals surface area contributed by atoms with Gasteiger partial charge in [0.25, 0.3) is 5.91 Å². The molecule has 0 aliphatic carbocycles. The Morgan fingerprint density at radius 2 is 2.18 bits per heavy atom. The minimum absolute atomic E-state index is 0.0109. The van der Waals surface area contributed by atoms with Gasteiger partial charge in [0.05, 0.1) is 5.56 Å². The Hall–Kier alpha value is -1.10. The van der Waals surface area contributed by atoms with Crippen LogP contribution in [0, 0.1) is 5.92 Å². The largest absolute Gasteiger partial charge is 0.383 e. The highest BCUT2D eigenvalue weighted by molar-refractivity contribution is 9.10. The summed E-state index contributed by atoms with van der Waals surface area (Å²) < 4.78 is 0.778. The summed E-state index contributed by atoms with van der Waals surface area (Å²) >= 11 is 3.31. The maximum atomic E-state index is 12.3. The van der Waals surface area contributed by atoms with Crippen LogP contribution in [-0.4, -0.2) is 28.9 Å². The second-order valence-corrected chi connectivity index (χ2v) is 5.48. The Balaban J connectivity index is 2.16. The summed E-state index contributed by atoms with van der Waals surface area (Å²) in [5.41, 5.74) is 6.24. The smallest absolute Gasteiger partial charge is 0.257 e. The van der Waals surface area contributed by atoms with Crippen LogP contribution < -0.4 is 5.73 Å². The summed E-state index contributed by atoms with van der Waals surface area (Å²) in [5, 5.41) is 0. The van der Waals surface area contributed by atoms with Gasteiger partial charge in [0.2, 0.25) is 0 Å². The molecular formula is C12H16BrN3O. The first kappa shape index (κ1) is 12.4. The number of halogens is 1. The summed E-state index contributed by atoms with van der Waals surface area (Å²) in [6.07, 6.45) is 3.73. The number of hydrogen-bond acceptors (Lipinski definition) is 3. The second-order valence-electron chi connectivity index (χ2n) is 4.56. The summed E-state index contributed by atoms with van der Waals surface area (Å²) in [4.78, 5) is 18.1. The van der Waals surface area contributed by atoms with E-state index >= 15 is 0 Å². The number of likely N-dealkylation sites (tertiary alicyclic amines) is 1. The van der Waals surface area contributed by atoms with Crippen molar-refractivity contribution in [3.05, 3.63) is 22.3 Å². The van der Waals surface area contributed by atoms with E-state index in [0.717, 1.165) is 30.4 Å². The summed E-state index contributed by atoms with van der Waals surface area (Å²) in [6.45, 7) is 3.84. The molecule has 0 aromatic carbocycles. The number of aromatic nitrogens is 1. The molecule has 1 saturated heterocycles. The first-order valence-electron chi connectivity index (χ1n) is 5.78. The van der Waals surface area contributed by atoms with Crippen molar-refractivity contribution in [2.45, 2.75) is 19.8 Å². The third-order valence-corrected chi connectivity index (χ3v) is 3.62. The molecule has 0 bridgehead atoms. The Labute approximate surface area is 109 Å². The van der Waals surface area contributed by atoms with Crippen molar-refractivity contribution in [2.75, 3.05) is 18.8 Å². The van der Waals surface area contributed by atoms with E-state index in [0.29, 0.717) is 17.3 Å². The summed E-state index contributed by atoms with van der Waals surface area (Å²) in [6, 6.07) is 1.74. The predicted octanol–water partition coefficient (Wildman–Crippen LogP) is 2.30. The number of carbonyl (C=O) groups is 1. The molecule has 2 N–H and O–H groups in total. The maximum Gasteiger partial charge on any atom is 0.257 e. The molecule has 0 atom stereocenters. The number of nitrogen functional groups attached to an aromatic ring is 1. The van der Waals surface area contributed by atoms with E-state index in [4.69, 9.17) is 5.73 Å². The van der Waals surface area contributed by atoms with Gasteiger partial charge in [0.15, 0.2) is 0 Å². The van der Waals surface area contributed by atoms with Crippen LogP contribution >= 0.6 is 15.9 Å². The maximum absolute atomic E-state index is 12.3. The third-order valence-electron chi connectivity index (χ3n) is 3.19. The number of nitrogens with zero attached hydrogens (tertiary/aromatic N) is 2. The normalized spacial score (nSPS) is 17.2. The van der Waals surface area contributed by atoms with Crippen LogP contribution in [0.2, 0.25) is 0 Å². The average Bonchev–Trinajstić information content (AvgIpc) is 2.32. The van der Waals surface area contributed by atoms with Gasteiger partial charge in [-0.3, -0.25) is 4.79 Å². The van der Waals surface area contributed by atoms with E-state index in [2.05, 4.69) is 27.8 Å². The number of piperidine rings is 1. The first-order valence-corrected chi connectivity index (χ1v) is 6.57. The molecule has 1 aliphatic heterocycles. The lowest BCUT2D eigenvalue weighted by molar-refractivity contribution is 0.0698. The fraction of sp³-hybridized carbons (Fsp3) is 0.500. The minimum Gasteiger partial charge on any atom is -0.383 e. The van der Waals surface area contributed by atoms with Gasteiger partial charge < -0.3 is 10.6 Å². The van der Waals surface area contributed by atoms with Crippen LogP contribution in [0.5, 0.6) is 0 Å². The number of carbonyl (C=O) groups excluding carboxylic acids is 1. The molecule has 1 aliphatic rings.